The largest absolute Gasteiger partial charge is 0.114 e. The summed E-state index contributed by atoms with van der Waals surface area (Å²) in [6, 6.07) is 0. The summed E-state index contributed by atoms with van der Waals surface area (Å²) in [5, 5.41) is 0.755. The van der Waals surface area contributed by atoms with Crippen LogP contribution in [0, 0.1) is 0 Å². The number of rotatable bonds is 2. The molecule has 0 rings (SSSR count). The van der Waals surface area contributed by atoms with Gasteiger partial charge in [0.1, 0.15) is 0 Å². The molecule has 0 heterocycles. The summed E-state index contributed by atoms with van der Waals surface area (Å²) in [5.74, 6) is 0. The van der Waals surface area contributed by atoms with E-state index in [1.54, 1.807) is 6.08 Å². The third kappa shape index (κ3) is 3.12. The topological polar surface area (TPSA) is 0 Å². The first-order valence-electron chi connectivity index (χ1n) is 2.01. The molecule has 0 amide bonds. The van der Waals surface area contributed by atoms with E-state index in [0.29, 0.717) is 0 Å². The van der Waals surface area contributed by atoms with E-state index in [4.69, 9.17) is 11.6 Å². The lowest BCUT2D eigenvalue weighted by atomic mass is 10.2. The SMILES string of the molecule is C=CC(C)(Cl)CBr. The molecule has 42 valence electrons. The van der Waals surface area contributed by atoms with Gasteiger partial charge in [-0.05, 0) is 6.92 Å². The summed E-state index contributed by atoms with van der Waals surface area (Å²) in [5.41, 5.74) is 0. The third-order valence-corrected chi connectivity index (χ3v) is 2.46. The molecule has 0 saturated carbocycles. The van der Waals surface area contributed by atoms with Gasteiger partial charge in [-0.15, -0.1) is 18.2 Å². The van der Waals surface area contributed by atoms with E-state index in [9.17, 15) is 0 Å². The average molecular weight is 183 g/mol. The van der Waals surface area contributed by atoms with Crippen LogP contribution in [0.1, 0.15) is 6.92 Å². The van der Waals surface area contributed by atoms with Crippen LogP contribution >= 0.6 is 27.5 Å². The molecule has 2 heteroatoms. The zero-order valence-electron chi connectivity index (χ0n) is 4.25. The Labute approximate surface area is 57.7 Å². The Morgan fingerprint density at radius 1 is 2.00 bits per heavy atom. The summed E-state index contributed by atoms with van der Waals surface area (Å²) in [4.78, 5) is -0.264. The van der Waals surface area contributed by atoms with Crippen molar-refractivity contribution in [2.45, 2.75) is 11.8 Å². The second-order valence-corrected chi connectivity index (χ2v) is 3.04. The van der Waals surface area contributed by atoms with Gasteiger partial charge in [0, 0.05) is 5.33 Å². The van der Waals surface area contributed by atoms with Crippen molar-refractivity contribution in [1.29, 1.82) is 0 Å². The molecule has 0 spiro atoms. The van der Waals surface area contributed by atoms with Crippen LogP contribution in [0.25, 0.3) is 0 Å². The first-order chi connectivity index (χ1) is 3.12. The second kappa shape index (κ2) is 2.73. The van der Waals surface area contributed by atoms with Gasteiger partial charge in [0.2, 0.25) is 0 Å². The fourth-order valence-electron chi connectivity index (χ4n) is 0.0546. The predicted octanol–water partition coefficient (Wildman–Crippen LogP) is 2.56. The zero-order valence-corrected chi connectivity index (χ0v) is 6.59. The molecule has 1 unspecified atom stereocenters. The van der Waals surface area contributed by atoms with Crippen molar-refractivity contribution in [1.82, 2.24) is 0 Å². The Hall–Kier alpha value is 0.510. The van der Waals surface area contributed by atoms with Crippen molar-refractivity contribution in [3.63, 3.8) is 0 Å². The van der Waals surface area contributed by atoms with Crippen molar-refractivity contribution < 1.29 is 0 Å². The molecule has 0 nitrogen and oxygen atoms in total. The molecular formula is C5H8BrCl. The Morgan fingerprint density at radius 3 is 2.43 bits per heavy atom. The smallest absolute Gasteiger partial charge is 0.0691 e. The molecule has 0 aromatic carbocycles. The monoisotopic (exact) mass is 182 g/mol. The maximum absolute atomic E-state index is 5.74. The van der Waals surface area contributed by atoms with Gasteiger partial charge in [0.05, 0.1) is 4.87 Å². The summed E-state index contributed by atoms with van der Waals surface area (Å²) in [7, 11) is 0. The molecule has 0 aliphatic heterocycles. The average Bonchev–Trinajstić information content (AvgIpc) is 1.68. The van der Waals surface area contributed by atoms with Crippen molar-refractivity contribution in [2.75, 3.05) is 5.33 Å². The van der Waals surface area contributed by atoms with Crippen LogP contribution in [0.3, 0.4) is 0 Å². The van der Waals surface area contributed by atoms with Gasteiger partial charge in [0.25, 0.3) is 0 Å². The van der Waals surface area contributed by atoms with Crippen LogP contribution in [0.5, 0.6) is 0 Å². The van der Waals surface area contributed by atoms with Crippen LogP contribution in [-0.2, 0) is 0 Å². The van der Waals surface area contributed by atoms with Gasteiger partial charge in [-0.3, -0.25) is 0 Å². The number of alkyl halides is 2. The van der Waals surface area contributed by atoms with Crippen molar-refractivity contribution in [2.24, 2.45) is 0 Å². The van der Waals surface area contributed by atoms with E-state index in [0.717, 1.165) is 5.33 Å². The molecule has 0 bridgehead atoms. The summed E-state index contributed by atoms with van der Waals surface area (Å²) in [6.07, 6.45) is 1.71. The van der Waals surface area contributed by atoms with Crippen molar-refractivity contribution in [3.8, 4) is 0 Å². The molecule has 0 aliphatic rings. The van der Waals surface area contributed by atoms with E-state index in [1.807, 2.05) is 6.92 Å². The quantitative estimate of drug-likeness (QED) is 0.456. The zero-order chi connectivity index (χ0) is 5.91. The summed E-state index contributed by atoms with van der Waals surface area (Å²) in [6.45, 7) is 5.44. The first kappa shape index (κ1) is 7.51. The maximum Gasteiger partial charge on any atom is 0.0691 e. The number of hydrogen-bond donors (Lipinski definition) is 0. The highest BCUT2D eigenvalue weighted by Gasteiger charge is 2.11. The Morgan fingerprint density at radius 2 is 2.43 bits per heavy atom. The molecule has 0 aromatic heterocycles. The third-order valence-electron chi connectivity index (χ3n) is 0.687. The standard InChI is InChI=1S/C5H8BrCl/c1-3-5(2,7)4-6/h3H,1,4H2,2H3. The van der Waals surface area contributed by atoms with Crippen LogP contribution in [0.2, 0.25) is 0 Å². The fourth-order valence-corrected chi connectivity index (χ4v) is 0.283. The Kier molecular flexibility index (Phi) is 2.93. The van der Waals surface area contributed by atoms with E-state index < -0.39 is 0 Å². The second-order valence-electron chi connectivity index (χ2n) is 1.62. The molecule has 0 fully saturated rings. The number of hydrogen-bond acceptors (Lipinski definition) is 0. The van der Waals surface area contributed by atoms with Crippen LogP contribution < -0.4 is 0 Å². The van der Waals surface area contributed by atoms with E-state index in [1.165, 1.54) is 0 Å². The van der Waals surface area contributed by atoms with Crippen molar-refractivity contribution >= 4 is 27.5 Å². The molecule has 7 heavy (non-hydrogen) atoms. The van der Waals surface area contributed by atoms with Gasteiger partial charge in [-0.2, -0.15) is 0 Å². The lowest BCUT2D eigenvalue weighted by Gasteiger charge is -2.10. The van der Waals surface area contributed by atoms with Gasteiger partial charge >= 0.3 is 0 Å². The minimum Gasteiger partial charge on any atom is -0.114 e. The Balaban J connectivity index is 3.58. The minimum atomic E-state index is -0.264. The summed E-state index contributed by atoms with van der Waals surface area (Å²) >= 11 is 8.97. The number of halogens is 2. The van der Waals surface area contributed by atoms with E-state index >= 15 is 0 Å². The maximum atomic E-state index is 5.74. The van der Waals surface area contributed by atoms with E-state index in [2.05, 4.69) is 22.5 Å². The lowest BCUT2D eigenvalue weighted by Crippen LogP contribution is -2.12. The van der Waals surface area contributed by atoms with E-state index in [-0.39, 0.29) is 4.87 Å². The van der Waals surface area contributed by atoms with Crippen LogP contribution in [0.15, 0.2) is 12.7 Å². The van der Waals surface area contributed by atoms with Gasteiger partial charge in [0.15, 0.2) is 0 Å². The fraction of sp³-hybridized carbons (Fsp3) is 0.600. The highest BCUT2D eigenvalue weighted by Crippen LogP contribution is 2.16. The first-order valence-corrected chi connectivity index (χ1v) is 3.51. The molecule has 1 atom stereocenters. The molecule has 0 aromatic rings. The predicted molar refractivity (Wildman–Crippen MR) is 38.2 cm³/mol. The normalized spacial score (nSPS) is 18.1. The van der Waals surface area contributed by atoms with Crippen LogP contribution in [0.4, 0.5) is 0 Å². The van der Waals surface area contributed by atoms with Crippen molar-refractivity contribution in [3.05, 3.63) is 12.7 Å². The number of allylic oxidation sites excluding steroid dienone is 1. The van der Waals surface area contributed by atoms with Crippen LogP contribution in [-0.4, -0.2) is 10.2 Å². The highest BCUT2D eigenvalue weighted by molar-refractivity contribution is 9.09. The minimum absolute atomic E-state index is 0.264. The highest BCUT2D eigenvalue weighted by atomic mass is 79.9. The van der Waals surface area contributed by atoms with Gasteiger partial charge in [-0.25, -0.2) is 0 Å². The molecule has 0 N–H and O–H groups in total. The summed E-state index contributed by atoms with van der Waals surface area (Å²) < 4.78 is 0. The van der Waals surface area contributed by atoms with Gasteiger partial charge < -0.3 is 0 Å². The molecule has 0 aliphatic carbocycles. The van der Waals surface area contributed by atoms with Gasteiger partial charge in [-0.1, -0.05) is 22.0 Å². The molecular weight excluding hydrogens is 175 g/mol. The molecule has 0 radical (unpaired) electrons. The molecule has 0 saturated heterocycles. The Bertz CT molecular complexity index is 68.5. The lowest BCUT2D eigenvalue weighted by molar-refractivity contribution is 0.908.